The predicted molar refractivity (Wildman–Crippen MR) is 111 cm³/mol. The van der Waals surface area contributed by atoms with Gasteiger partial charge in [-0.1, -0.05) is 0 Å². The summed E-state index contributed by atoms with van der Waals surface area (Å²) >= 11 is 0. The second-order valence-corrected chi connectivity index (χ2v) is 6.43. The van der Waals surface area contributed by atoms with Crippen LogP contribution >= 0.6 is 0 Å². The van der Waals surface area contributed by atoms with Gasteiger partial charge in [0.2, 0.25) is 0 Å². The molecule has 3 N–H and O–H groups in total. The first kappa shape index (κ1) is 19.0. The van der Waals surface area contributed by atoms with Gasteiger partial charge < -0.3 is 29.5 Å². The second-order valence-electron chi connectivity index (χ2n) is 6.43. The third kappa shape index (κ3) is 4.94. The minimum Gasteiger partial charge on any atom is -0.508 e. The third-order valence-electron chi connectivity index (χ3n) is 4.07. The van der Waals surface area contributed by atoms with E-state index in [1.807, 2.05) is 0 Å². The SMILES string of the molecule is Oc1ccc(Oc2cc(Oc3ccc(O)cc3)cc(Oc3ccc(O)cc3)c2)cc1. The van der Waals surface area contributed by atoms with Crippen molar-refractivity contribution in [1.29, 1.82) is 0 Å². The molecule has 0 unspecified atom stereocenters. The van der Waals surface area contributed by atoms with Crippen molar-refractivity contribution in [2.45, 2.75) is 0 Å². The molecule has 0 heterocycles. The van der Waals surface area contributed by atoms with Crippen LogP contribution < -0.4 is 14.2 Å². The van der Waals surface area contributed by atoms with Crippen LogP contribution in [0.25, 0.3) is 0 Å². The zero-order valence-corrected chi connectivity index (χ0v) is 15.7. The number of ether oxygens (including phenoxy) is 3. The second kappa shape index (κ2) is 8.36. The summed E-state index contributed by atoms with van der Waals surface area (Å²) in [5.41, 5.74) is 0. The van der Waals surface area contributed by atoms with Crippen molar-refractivity contribution in [3.05, 3.63) is 91.0 Å². The Hall–Kier alpha value is -4.32. The first-order valence-electron chi connectivity index (χ1n) is 9.09. The van der Waals surface area contributed by atoms with Gasteiger partial charge in [0, 0.05) is 18.2 Å². The molecule has 0 radical (unpaired) electrons. The molecule has 4 aromatic rings. The lowest BCUT2D eigenvalue weighted by atomic mass is 10.2. The maximum Gasteiger partial charge on any atom is 0.134 e. The number of aromatic hydroxyl groups is 3. The lowest BCUT2D eigenvalue weighted by Crippen LogP contribution is -1.91. The van der Waals surface area contributed by atoms with Gasteiger partial charge in [-0.25, -0.2) is 0 Å². The molecule has 0 bridgehead atoms. The number of rotatable bonds is 6. The topological polar surface area (TPSA) is 88.4 Å². The molecule has 0 saturated carbocycles. The molecule has 6 nitrogen and oxygen atoms in total. The first-order valence-corrected chi connectivity index (χ1v) is 9.09. The van der Waals surface area contributed by atoms with Gasteiger partial charge in [-0.05, 0) is 72.8 Å². The largest absolute Gasteiger partial charge is 0.508 e. The average Bonchev–Trinajstić information content (AvgIpc) is 2.73. The fourth-order valence-corrected chi connectivity index (χ4v) is 2.67. The van der Waals surface area contributed by atoms with Gasteiger partial charge in [0.15, 0.2) is 0 Å². The summed E-state index contributed by atoms with van der Waals surface area (Å²) in [5.74, 6) is 3.41. The van der Waals surface area contributed by atoms with E-state index in [4.69, 9.17) is 14.2 Å². The van der Waals surface area contributed by atoms with Crippen LogP contribution in [0, 0.1) is 0 Å². The Labute approximate surface area is 172 Å². The van der Waals surface area contributed by atoms with Gasteiger partial charge in [0.25, 0.3) is 0 Å². The van der Waals surface area contributed by atoms with E-state index in [-0.39, 0.29) is 17.2 Å². The van der Waals surface area contributed by atoms with E-state index in [0.29, 0.717) is 34.5 Å². The summed E-state index contributed by atoms with van der Waals surface area (Å²) in [7, 11) is 0. The predicted octanol–water partition coefficient (Wildman–Crippen LogP) is 6.18. The molecule has 0 fully saturated rings. The molecule has 150 valence electrons. The molecule has 0 amide bonds. The van der Waals surface area contributed by atoms with E-state index in [9.17, 15) is 15.3 Å². The normalized spacial score (nSPS) is 10.4. The first-order chi connectivity index (χ1) is 14.5. The summed E-state index contributed by atoms with van der Waals surface area (Å²) in [6.07, 6.45) is 0. The molecule has 0 spiro atoms. The van der Waals surface area contributed by atoms with E-state index in [0.717, 1.165) is 0 Å². The van der Waals surface area contributed by atoms with E-state index in [1.54, 1.807) is 54.6 Å². The molecule has 0 saturated heterocycles. The van der Waals surface area contributed by atoms with Gasteiger partial charge in [-0.3, -0.25) is 0 Å². The summed E-state index contributed by atoms with van der Waals surface area (Å²) in [6, 6.07) is 24.1. The summed E-state index contributed by atoms with van der Waals surface area (Å²) in [4.78, 5) is 0. The highest BCUT2D eigenvalue weighted by atomic mass is 16.5. The molecule has 4 rings (SSSR count). The van der Waals surface area contributed by atoms with E-state index in [1.165, 1.54) is 36.4 Å². The highest BCUT2D eigenvalue weighted by Crippen LogP contribution is 2.36. The summed E-state index contributed by atoms with van der Waals surface area (Å²) in [6.45, 7) is 0. The number of hydrogen-bond acceptors (Lipinski definition) is 6. The summed E-state index contributed by atoms with van der Waals surface area (Å²) < 4.78 is 17.6. The van der Waals surface area contributed by atoms with Crippen molar-refractivity contribution in [3.8, 4) is 51.7 Å². The quantitative estimate of drug-likeness (QED) is 0.357. The van der Waals surface area contributed by atoms with E-state index in [2.05, 4.69) is 0 Å². The van der Waals surface area contributed by atoms with Gasteiger partial charge in [0.05, 0.1) is 0 Å². The monoisotopic (exact) mass is 402 g/mol. The molecule has 0 aromatic heterocycles. The van der Waals surface area contributed by atoms with Crippen LogP contribution in [0.15, 0.2) is 91.0 Å². The number of phenolic OH excluding ortho intramolecular Hbond substituents is 3. The minimum atomic E-state index is 0.142. The molecule has 30 heavy (non-hydrogen) atoms. The maximum absolute atomic E-state index is 9.45. The Bertz CT molecular complexity index is 961. The Kier molecular flexibility index (Phi) is 5.30. The van der Waals surface area contributed by atoms with Crippen LogP contribution in [0.5, 0.6) is 51.7 Å². The Morgan fingerprint density at radius 3 is 0.800 bits per heavy atom. The van der Waals surface area contributed by atoms with Crippen molar-refractivity contribution in [3.63, 3.8) is 0 Å². The van der Waals surface area contributed by atoms with Crippen LogP contribution in [-0.4, -0.2) is 15.3 Å². The minimum absolute atomic E-state index is 0.142. The highest BCUT2D eigenvalue weighted by molar-refractivity contribution is 5.48. The van der Waals surface area contributed by atoms with Crippen LogP contribution in [0.3, 0.4) is 0 Å². The number of benzene rings is 4. The van der Waals surface area contributed by atoms with Gasteiger partial charge in [-0.2, -0.15) is 0 Å². The lowest BCUT2D eigenvalue weighted by Gasteiger charge is -2.13. The van der Waals surface area contributed by atoms with E-state index >= 15 is 0 Å². The molecule has 0 aliphatic carbocycles. The molecule has 0 aliphatic rings. The van der Waals surface area contributed by atoms with Gasteiger partial charge >= 0.3 is 0 Å². The lowest BCUT2D eigenvalue weighted by molar-refractivity contribution is 0.435. The maximum atomic E-state index is 9.45. The summed E-state index contributed by atoms with van der Waals surface area (Å²) in [5, 5.41) is 28.3. The van der Waals surface area contributed by atoms with Crippen molar-refractivity contribution < 1.29 is 29.5 Å². The average molecular weight is 402 g/mol. The highest BCUT2D eigenvalue weighted by Gasteiger charge is 2.09. The van der Waals surface area contributed by atoms with Gasteiger partial charge in [0.1, 0.15) is 51.7 Å². The Morgan fingerprint density at radius 1 is 0.333 bits per heavy atom. The zero-order chi connectivity index (χ0) is 20.9. The molecule has 4 aromatic carbocycles. The van der Waals surface area contributed by atoms with E-state index < -0.39 is 0 Å². The zero-order valence-electron chi connectivity index (χ0n) is 15.7. The molecule has 0 aliphatic heterocycles. The third-order valence-corrected chi connectivity index (χ3v) is 4.07. The van der Waals surface area contributed by atoms with Crippen LogP contribution in [-0.2, 0) is 0 Å². The van der Waals surface area contributed by atoms with Crippen molar-refractivity contribution in [1.82, 2.24) is 0 Å². The standard InChI is InChI=1S/C24H18O6/c25-16-1-7-19(8-2-16)28-22-13-23(29-20-9-3-17(26)4-10-20)15-24(14-22)30-21-11-5-18(27)6-12-21/h1-15,25-27H. The van der Waals surface area contributed by atoms with Crippen LogP contribution in [0.1, 0.15) is 0 Å². The Balaban J connectivity index is 1.64. The molecule has 6 heteroatoms. The Morgan fingerprint density at radius 2 is 0.567 bits per heavy atom. The van der Waals surface area contributed by atoms with Crippen molar-refractivity contribution in [2.75, 3.05) is 0 Å². The fraction of sp³-hybridized carbons (Fsp3) is 0. The molecular formula is C24H18O6. The van der Waals surface area contributed by atoms with Crippen LogP contribution in [0.4, 0.5) is 0 Å². The van der Waals surface area contributed by atoms with Gasteiger partial charge in [-0.15, -0.1) is 0 Å². The molecular weight excluding hydrogens is 384 g/mol. The van der Waals surface area contributed by atoms with Crippen molar-refractivity contribution >= 4 is 0 Å². The molecule has 0 atom stereocenters. The smallest absolute Gasteiger partial charge is 0.134 e. The number of hydrogen-bond donors (Lipinski definition) is 3. The number of phenols is 3. The van der Waals surface area contributed by atoms with Crippen molar-refractivity contribution in [2.24, 2.45) is 0 Å². The fourth-order valence-electron chi connectivity index (χ4n) is 2.67. The van der Waals surface area contributed by atoms with Crippen LogP contribution in [0.2, 0.25) is 0 Å².